The number of fused-ring (bicyclic) bond motifs is 1. The summed E-state index contributed by atoms with van der Waals surface area (Å²) in [6, 6.07) is 7.71. The van der Waals surface area contributed by atoms with Crippen LogP contribution in [0.4, 0.5) is 0 Å². The van der Waals surface area contributed by atoms with E-state index in [4.69, 9.17) is 0 Å². The Kier molecular flexibility index (Phi) is 4.82. The topological polar surface area (TPSA) is 12.0 Å². The van der Waals surface area contributed by atoms with Crippen LogP contribution >= 0.6 is 0 Å². The zero-order valence-corrected chi connectivity index (χ0v) is 12.1. The maximum absolute atomic E-state index is 3.64. The van der Waals surface area contributed by atoms with Gasteiger partial charge in [0.15, 0.2) is 0 Å². The molecule has 0 spiro atoms. The second-order valence-corrected chi connectivity index (χ2v) is 5.98. The van der Waals surface area contributed by atoms with Gasteiger partial charge in [-0.1, -0.05) is 39.0 Å². The first kappa shape index (κ1) is 13.6. The molecule has 1 aromatic rings. The van der Waals surface area contributed by atoms with E-state index in [-0.39, 0.29) is 0 Å². The van der Waals surface area contributed by atoms with Gasteiger partial charge in [0, 0.05) is 6.04 Å². The highest BCUT2D eigenvalue weighted by Crippen LogP contribution is 2.27. The second kappa shape index (κ2) is 6.38. The lowest BCUT2D eigenvalue weighted by Crippen LogP contribution is -2.22. The molecule has 0 aromatic heterocycles. The van der Waals surface area contributed by atoms with Gasteiger partial charge in [-0.05, 0) is 61.3 Å². The van der Waals surface area contributed by atoms with Gasteiger partial charge in [0.25, 0.3) is 0 Å². The van der Waals surface area contributed by atoms with E-state index in [1.807, 2.05) is 0 Å². The normalized spacial score (nSPS) is 16.7. The molecule has 18 heavy (non-hydrogen) atoms. The molecule has 0 bridgehead atoms. The molecule has 0 aliphatic heterocycles. The van der Waals surface area contributed by atoms with Crippen LogP contribution in [0.25, 0.3) is 0 Å². The number of hydrogen-bond donors (Lipinski definition) is 1. The Labute approximate surface area is 112 Å². The summed E-state index contributed by atoms with van der Waals surface area (Å²) in [6.07, 6.45) is 6.53. The molecule has 1 aliphatic rings. The van der Waals surface area contributed by atoms with Crippen molar-refractivity contribution in [3.8, 4) is 0 Å². The SMILES string of the molecule is CCNC(CC(C)C)c1ccc2c(c1)CCCC2. The van der Waals surface area contributed by atoms with E-state index in [1.54, 1.807) is 11.1 Å². The van der Waals surface area contributed by atoms with Crippen molar-refractivity contribution in [3.63, 3.8) is 0 Å². The van der Waals surface area contributed by atoms with Crippen molar-refractivity contribution >= 4 is 0 Å². The van der Waals surface area contributed by atoms with Crippen LogP contribution in [0.2, 0.25) is 0 Å². The fourth-order valence-corrected chi connectivity index (χ4v) is 3.03. The van der Waals surface area contributed by atoms with E-state index in [1.165, 1.54) is 37.7 Å². The van der Waals surface area contributed by atoms with Crippen LogP contribution in [0.15, 0.2) is 18.2 Å². The summed E-state index contributed by atoms with van der Waals surface area (Å²) in [5.74, 6) is 0.741. The fourth-order valence-electron chi connectivity index (χ4n) is 3.03. The van der Waals surface area contributed by atoms with Crippen LogP contribution in [0.3, 0.4) is 0 Å². The van der Waals surface area contributed by atoms with Crippen LogP contribution in [0, 0.1) is 5.92 Å². The van der Waals surface area contributed by atoms with Crippen molar-refractivity contribution in [2.75, 3.05) is 6.54 Å². The van der Waals surface area contributed by atoms with Crippen molar-refractivity contribution in [2.24, 2.45) is 5.92 Å². The molecule has 1 nitrogen and oxygen atoms in total. The molecule has 1 atom stereocenters. The van der Waals surface area contributed by atoms with Gasteiger partial charge in [-0.3, -0.25) is 0 Å². The maximum atomic E-state index is 3.64. The zero-order valence-electron chi connectivity index (χ0n) is 12.1. The molecule has 0 saturated carbocycles. The highest BCUT2D eigenvalue weighted by atomic mass is 14.9. The molecule has 0 saturated heterocycles. The molecular formula is C17H27N. The summed E-state index contributed by atoms with van der Waals surface area (Å²) in [6.45, 7) is 7.87. The van der Waals surface area contributed by atoms with Gasteiger partial charge >= 0.3 is 0 Å². The Bertz CT molecular complexity index is 381. The first-order chi connectivity index (χ1) is 8.70. The Hall–Kier alpha value is -0.820. The molecular weight excluding hydrogens is 218 g/mol. The van der Waals surface area contributed by atoms with E-state index in [2.05, 4.69) is 44.3 Å². The highest BCUT2D eigenvalue weighted by Gasteiger charge is 2.15. The number of aryl methyl sites for hydroxylation is 2. The van der Waals surface area contributed by atoms with Gasteiger partial charge in [0.1, 0.15) is 0 Å². The van der Waals surface area contributed by atoms with Crippen molar-refractivity contribution in [2.45, 2.75) is 58.9 Å². The first-order valence-electron chi connectivity index (χ1n) is 7.55. The lowest BCUT2D eigenvalue weighted by atomic mass is 9.87. The Morgan fingerprint density at radius 3 is 2.50 bits per heavy atom. The lowest BCUT2D eigenvalue weighted by Gasteiger charge is -2.23. The molecule has 2 rings (SSSR count). The van der Waals surface area contributed by atoms with Crippen LogP contribution in [-0.2, 0) is 12.8 Å². The zero-order chi connectivity index (χ0) is 13.0. The smallest absolute Gasteiger partial charge is 0.0322 e. The Morgan fingerprint density at radius 2 is 1.83 bits per heavy atom. The molecule has 0 heterocycles. The maximum Gasteiger partial charge on any atom is 0.0322 e. The highest BCUT2D eigenvalue weighted by molar-refractivity contribution is 5.35. The Morgan fingerprint density at radius 1 is 1.11 bits per heavy atom. The van der Waals surface area contributed by atoms with E-state index in [0.717, 1.165) is 12.5 Å². The predicted octanol–water partition coefficient (Wildman–Crippen LogP) is 4.26. The number of rotatable bonds is 5. The van der Waals surface area contributed by atoms with Gasteiger partial charge < -0.3 is 5.32 Å². The second-order valence-electron chi connectivity index (χ2n) is 5.98. The minimum Gasteiger partial charge on any atom is -0.310 e. The Balaban J connectivity index is 2.18. The average Bonchev–Trinajstić information content (AvgIpc) is 2.37. The van der Waals surface area contributed by atoms with Crippen molar-refractivity contribution in [1.82, 2.24) is 5.32 Å². The summed E-state index contributed by atoms with van der Waals surface area (Å²) < 4.78 is 0. The minimum absolute atomic E-state index is 0.530. The minimum atomic E-state index is 0.530. The average molecular weight is 245 g/mol. The summed E-state index contributed by atoms with van der Waals surface area (Å²) >= 11 is 0. The van der Waals surface area contributed by atoms with Crippen molar-refractivity contribution in [1.29, 1.82) is 0 Å². The monoisotopic (exact) mass is 245 g/mol. The molecule has 1 heteroatoms. The molecule has 0 fully saturated rings. The third kappa shape index (κ3) is 3.35. The molecule has 0 radical (unpaired) electrons. The van der Waals surface area contributed by atoms with Gasteiger partial charge in [0.05, 0.1) is 0 Å². The lowest BCUT2D eigenvalue weighted by molar-refractivity contribution is 0.438. The van der Waals surface area contributed by atoms with Gasteiger partial charge in [-0.15, -0.1) is 0 Å². The fraction of sp³-hybridized carbons (Fsp3) is 0.647. The summed E-state index contributed by atoms with van der Waals surface area (Å²) in [5, 5.41) is 3.64. The third-order valence-electron chi connectivity index (χ3n) is 3.93. The largest absolute Gasteiger partial charge is 0.310 e. The van der Waals surface area contributed by atoms with Crippen molar-refractivity contribution < 1.29 is 0 Å². The van der Waals surface area contributed by atoms with Gasteiger partial charge in [-0.25, -0.2) is 0 Å². The standard InChI is InChI=1S/C17H27N/c1-4-18-17(11-13(2)3)16-10-9-14-7-5-6-8-15(14)12-16/h9-10,12-13,17-18H,4-8,11H2,1-3H3. The third-order valence-corrected chi connectivity index (χ3v) is 3.93. The number of nitrogens with one attached hydrogen (secondary N) is 1. The predicted molar refractivity (Wildman–Crippen MR) is 79.0 cm³/mol. The van der Waals surface area contributed by atoms with E-state index >= 15 is 0 Å². The van der Waals surface area contributed by atoms with Crippen LogP contribution < -0.4 is 5.32 Å². The number of hydrogen-bond acceptors (Lipinski definition) is 1. The van der Waals surface area contributed by atoms with E-state index in [9.17, 15) is 0 Å². The van der Waals surface area contributed by atoms with E-state index < -0.39 is 0 Å². The van der Waals surface area contributed by atoms with Crippen LogP contribution in [0.5, 0.6) is 0 Å². The van der Waals surface area contributed by atoms with Crippen LogP contribution in [-0.4, -0.2) is 6.54 Å². The summed E-state index contributed by atoms with van der Waals surface area (Å²) in [4.78, 5) is 0. The molecule has 1 aromatic carbocycles. The van der Waals surface area contributed by atoms with Gasteiger partial charge in [-0.2, -0.15) is 0 Å². The molecule has 1 N–H and O–H groups in total. The van der Waals surface area contributed by atoms with E-state index in [0.29, 0.717) is 6.04 Å². The molecule has 1 aliphatic carbocycles. The van der Waals surface area contributed by atoms with Crippen LogP contribution in [0.1, 0.15) is 62.8 Å². The first-order valence-corrected chi connectivity index (χ1v) is 7.55. The number of benzene rings is 1. The van der Waals surface area contributed by atoms with Crippen molar-refractivity contribution in [3.05, 3.63) is 34.9 Å². The molecule has 0 amide bonds. The summed E-state index contributed by atoms with van der Waals surface area (Å²) in [5.41, 5.74) is 4.68. The molecule has 1 unspecified atom stereocenters. The van der Waals surface area contributed by atoms with Gasteiger partial charge in [0.2, 0.25) is 0 Å². The quantitative estimate of drug-likeness (QED) is 0.817. The summed E-state index contributed by atoms with van der Waals surface area (Å²) in [7, 11) is 0. The molecule has 100 valence electrons.